The molecule has 58 heavy (non-hydrogen) atoms. The molecule has 3 fully saturated rings. The lowest BCUT2D eigenvalue weighted by atomic mass is 9.47. The molecule has 0 unspecified atom stereocenters. The fourth-order valence-electron chi connectivity index (χ4n) is 12.4. The molecule has 0 spiro atoms. The largest absolute Gasteiger partial charge is 0.446 e. The smallest absolute Gasteiger partial charge is 0.407 e. The number of nitrogens with zero attached hydrogens (tertiary/aromatic N) is 1. The fraction of sp³-hybridized carbons (Fsp3) is 0.900. The van der Waals surface area contributed by atoms with Gasteiger partial charge in [-0.1, -0.05) is 137 Å². The van der Waals surface area contributed by atoms with E-state index in [0.717, 1.165) is 74.0 Å². The Morgan fingerprint density at radius 1 is 0.810 bits per heavy atom. The molecule has 0 aromatic carbocycles. The van der Waals surface area contributed by atoms with Gasteiger partial charge >= 0.3 is 6.09 Å². The zero-order chi connectivity index (χ0) is 42.0. The first kappa shape index (κ1) is 48.6. The molecule has 334 valence electrons. The van der Waals surface area contributed by atoms with Crippen LogP contribution in [0.4, 0.5) is 4.79 Å². The first-order valence-electron chi connectivity index (χ1n) is 24.8. The van der Waals surface area contributed by atoms with Crippen LogP contribution in [0.3, 0.4) is 0 Å². The second kappa shape index (κ2) is 25.0. The Morgan fingerprint density at radius 3 is 2.19 bits per heavy atom. The van der Waals surface area contributed by atoms with Crippen LogP contribution < -0.4 is 16.4 Å². The highest BCUT2D eigenvalue weighted by Gasteiger charge is 2.59. The molecular formula is C50H90N4O4. The van der Waals surface area contributed by atoms with Crippen LogP contribution in [0.1, 0.15) is 202 Å². The van der Waals surface area contributed by atoms with Crippen LogP contribution in [0, 0.1) is 46.3 Å². The summed E-state index contributed by atoms with van der Waals surface area (Å²) in [5.41, 5.74) is 7.85. The van der Waals surface area contributed by atoms with Gasteiger partial charge in [-0.25, -0.2) is 4.79 Å². The molecule has 0 bridgehead atoms. The van der Waals surface area contributed by atoms with Gasteiger partial charge in [0.05, 0.1) is 6.54 Å². The number of rotatable bonds is 27. The molecular weight excluding hydrogens is 721 g/mol. The lowest BCUT2D eigenvalue weighted by Gasteiger charge is -2.58. The number of nitrogens with two attached hydrogens (primary N) is 1. The Kier molecular flexibility index (Phi) is 20.9. The average Bonchev–Trinajstić information content (AvgIpc) is 3.55. The predicted octanol–water partition coefficient (Wildman–Crippen LogP) is 11.5. The summed E-state index contributed by atoms with van der Waals surface area (Å²) in [7, 11) is 0. The summed E-state index contributed by atoms with van der Waals surface area (Å²) in [6, 6.07) is 0. The number of allylic oxidation sites excluding steroid dienone is 1. The van der Waals surface area contributed by atoms with Crippen LogP contribution in [-0.4, -0.2) is 61.6 Å². The SMILES string of the molecule is CCCCCCCCCCCCCC(=O)N(CCCNC(=O)O[C@H]1CC[C@@]2(C)C(=CC[C@H]3[C@@H]4CC[C@H]([C@H](C)CCCC(C)C)[C@@]4(C)CC[C@@H]32)C1)CC(=O)NCCCN. The van der Waals surface area contributed by atoms with Gasteiger partial charge in [-0.2, -0.15) is 0 Å². The Balaban J connectivity index is 1.19. The highest BCUT2D eigenvalue weighted by molar-refractivity contribution is 5.84. The maximum Gasteiger partial charge on any atom is 0.407 e. The minimum absolute atomic E-state index is 0.0164. The van der Waals surface area contributed by atoms with Crippen molar-refractivity contribution in [1.82, 2.24) is 15.5 Å². The van der Waals surface area contributed by atoms with Crippen molar-refractivity contribution in [3.63, 3.8) is 0 Å². The molecule has 4 aliphatic rings. The second-order valence-electron chi connectivity index (χ2n) is 20.4. The third-order valence-corrected chi connectivity index (χ3v) is 15.8. The second-order valence-corrected chi connectivity index (χ2v) is 20.4. The van der Waals surface area contributed by atoms with Crippen LogP contribution in [0.5, 0.6) is 0 Å². The van der Waals surface area contributed by atoms with Crippen molar-refractivity contribution in [3.05, 3.63) is 11.6 Å². The monoisotopic (exact) mass is 811 g/mol. The van der Waals surface area contributed by atoms with Crippen molar-refractivity contribution >= 4 is 17.9 Å². The van der Waals surface area contributed by atoms with Gasteiger partial charge in [0.25, 0.3) is 0 Å². The molecule has 8 heteroatoms. The van der Waals surface area contributed by atoms with Crippen LogP contribution in [-0.2, 0) is 14.3 Å². The van der Waals surface area contributed by atoms with Crippen molar-refractivity contribution in [3.8, 4) is 0 Å². The number of nitrogens with one attached hydrogen (secondary N) is 2. The van der Waals surface area contributed by atoms with Crippen LogP contribution in [0.25, 0.3) is 0 Å². The Bertz CT molecular complexity index is 1270. The van der Waals surface area contributed by atoms with Crippen LogP contribution in [0.15, 0.2) is 11.6 Å². The lowest BCUT2D eigenvalue weighted by molar-refractivity contribution is -0.136. The molecule has 0 aliphatic heterocycles. The van der Waals surface area contributed by atoms with Crippen molar-refractivity contribution < 1.29 is 19.1 Å². The number of fused-ring (bicyclic) bond motifs is 5. The van der Waals surface area contributed by atoms with Gasteiger partial charge in [-0.15, -0.1) is 0 Å². The van der Waals surface area contributed by atoms with E-state index in [1.807, 2.05) is 0 Å². The van der Waals surface area contributed by atoms with Gasteiger partial charge in [-0.05, 0) is 117 Å². The molecule has 0 heterocycles. The normalized spacial score (nSPS) is 28.2. The maximum atomic E-state index is 13.3. The third kappa shape index (κ3) is 14.3. The van der Waals surface area contributed by atoms with Gasteiger partial charge < -0.3 is 26.0 Å². The number of hydrogen-bond acceptors (Lipinski definition) is 5. The maximum absolute atomic E-state index is 13.3. The minimum atomic E-state index is -0.366. The van der Waals surface area contributed by atoms with Gasteiger partial charge in [0.2, 0.25) is 11.8 Å². The van der Waals surface area contributed by atoms with Crippen molar-refractivity contribution in [1.29, 1.82) is 0 Å². The first-order valence-corrected chi connectivity index (χ1v) is 24.8. The first-order chi connectivity index (χ1) is 27.9. The number of alkyl carbamates (subject to hydrolysis) is 1. The highest BCUT2D eigenvalue weighted by Crippen LogP contribution is 2.67. The van der Waals surface area contributed by atoms with E-state index in [1.54, 1.807) is 4.90 Å². The molecule has 3 amide bonds. The minimum Gasteiger partial charge on any atom is -0.446 e. The molecule has 4 N–H and O–H groups in total. The van der Waals surface area contributed by atoms with E-state index < -0.39 is 0 Å². The zero-order valence-electron chi connectivity index (χ0n) is 38.5. The van der Waals surface area contributed by atoms with Gasteiger partial charge in [0.1, 0.15) is 6.10 Å². The summed E-state index contributed by atoms with van der Waals surface area (Å²) in [6.45, 7) is 16.7. The molecule has 3 saturated carbocycles. The van der Waals surface area contributed by atoms with Gasteiger partial charge in [0.15, 0.2) is 0 Å². The molecule has 0 radical (unpaired) electrons. The number of amides is 3. The van der Waals surface area contributed by atoms with Crippen molar-refractivity contribution in [2.45, 2.75) is 208 Å². The lowest BCUT2D eigenvalue weighted by Crippen LogP contribution is -2.51. The summed E-state index contributed by atoms with van der Waals surface area (Å²) in [4.78, 5) is 40.6. The number of carbonyl (C=O) groups is 3. The van der Waals surface area contributed by atoms with Crippen LogP contribution in [0.2, 0.25) is 0 Å². The quantitative estimate of drug-likeness (QED) is 0.0565. The third-order valence-electron chi connectivity index (χ3n) is 15.8. The van der Waals surface area contributed by atoms with E-state index in [-0.39, 0.29) is 36.0 Å². The number of ether oxygens (including phenoxy) is 1. The van der Waals surface area contributed by atoms with Crippen LogP contribution >= 0.6 is 0 Å². The van der Waals surface area contributed by atoms with E-state index in [0.29, 0.717) is 50.9 Å². The molecule has 0 aromatic heterocycles. The van der Waals surface area contributed by atoms with Crippen molar-refractivity contribution in [2.24, 2.45) is 52.1 Å². The van der Waals surface area contributed by atoms with Gasteiger partial charge in [-0.3, -0.25) is 9.59 Å². The van der Waals surface area contributed by atoms with E-state index in [2.05, 4.69) is 58.3 Å². The van der Waals surface area contributed by atoms with E-state index in [9.17, 15) is 14.4 Å². The number of unbranched alkanes of at least 4 members (excludes halogenated alkanes) is 10. The van der Waals surface area contributed by atoms with E-state index in [4.69, 9.17) is 10.5 Å². The van der Waals surface area contributed by atoms with E-state index in [1.165, 1.54) is 108 Å². The summed E-state index contributed by atoms with van der Waals surface area (Å²) in [5, 5.41) is 5.86. The summed E-state index contributed by atoms with van der Waals surface area (Å²) < 4.78 is 6.04. The number of hydrogen-bond donors (Lipinski definition) is 3. The number of carbonyl (C=O) groups excluding carboxylic acids is 3. The Morgan fingerprint density at radius 2 is 1.50 bits per heavy atom. The average molecular weight is 811 g/mol. The summed E-state index contributed by atoms with van der Waals surface area (Å²) >= 11 is 0. The molecule has 8 nitrogen and oxygen atoms in total. The predicted molar refractivity (Wildman–Crippen MR) is 240 cm³/mol. The summed E-state index contributed by atoms with van der Waals surface area (Å²) in [6.07, 6.45) is 31.2. The summed E-state index contributed by atoms with van der Waals surface area (Å²) in [5.74, 6) is 4.76. The molecule has 4 aliphatic carbocycles. The Hall–Kier alpha value is -2.09. The highest BCUT2D eigenvalue weighted by atomic mass is 16.6. The van der Waals surface area contributed by atoms with E-state index >= 15 is 0 Å². The zero-order valence-corrected chi connectivity index (χ0v) is 38.5. The molecule has 4 rings (SSSR count). The fourth-order valence-corrected chi connectivity index (χ4v) is 12.4. The molecule has 8 atom stereocenters. The topological polar surface area (TPSA) is 114 Å². The molecule has 0 saturated heterocycles. The standard InChI is InChI=1S/C50H90N4O4/c1-7-8-9-10-11-12-13-14-15-16-17-23-47(56)54(37-46(55)52-33-19-32-51)35-20-34-53-48(57)58-41-28-30-49(5)40(36-41)24-25-42-44-27-26-43(39(4)22-18-21-38(2)3)50(44,6)31-29-45(42)49/h24,38-39,41-45H,7-23,25-37,51H2,1-6H3,(H,52,55)(H,53,57)/t39-,41+,42+,43-,44+,45+,49+,50-/m1/s1. The molecule has 0 aromatic rings. The van der Waals surface area contributed by atoms with Gasteiger partial charge in [0, 0.05) is 32.5 Å². The Labute approximate surface area is 356 Å². The van der Waals surface area contributed by atoms with Crippen molar-refractivity contribution in [2.75, 3.05) is 32.7 Å².